The van der Waals surface area contributed by atoms with Gasteiger partial charge in [0.2, 0.25) is 0 Å². The highest BCUT2D eigenvalue weighted by Gasteiger charge is 1.99. The molecule has 1 aromatic carbocycles. The molecule has 0 saturated carbocycles. The molecule has 0 spiro atoms. The van der Waals surface area contributed by atoms with Crippen molar-refractivity contribution in [3.8, 4) is 0 Å². The van der Waals surface area contributed by atoms with Crippen LogP contribution < -0.4 is 10.6 Å². The fourth-order valence-corrected chi connectivity index (χ4v) is 2.45. The van der Waals surface area contributed by atoms with Gasteiger partial charge in [-0.15, -0.1) is 0 Å². The molecule has 0 saturated heterocycles. The minimum atomic E-state index is 0.651. The van der Waals surface area contributed by atoms with Crippen LogP contribution in [0.3, 0.4) is 0 Å². The zero-order valence-electron chi connectivity index (χ0n) is 12.7. The molecule has 0 amide bonds. The lowest BCUT2D eigenvalue weighted by Gasteiger charge is -2.11. The predicted molar refractivity (Wildman–Crippen MR) is 94.9 cm³/mol. The van der Waals surface area contributed by atoms with Gasteiger partial charge in [-0.1, -0.05) is 34.1 Å². The summed E-state index contributed by atoms with van der Waals surface area (Å²) < 4.78 is 1.08. The molecule has 0 aliphatic heterocycles. The van der Waals surface area contributed by atoms with Gasteiger partial charge in [-0.3, -0.25) is 4.98 Å². The minimum absolute atomic E-state index is 0.651. The van der Waals surface area contributed by atoms with Gasteiger partial charge in [0.1, 0.15) is 0 Å². The average molecular weight is 361 g/mol. The minimum Gasteiger partial charge on any atom is -0.357 e. The third-order valence-electron chi connectivity index (χ3n) is 3.05. The Hall–Kier alpha value is -1.88. The maximum absolute atomic E-state index is 4.61. The van der Waals surface area contributed by atoms with Crippen molar-refractivity contribution in [3.05, 3.63) is 64.4 Å². The van der Waals surface area contributed by atoms with E-state index in [1.54, 1.807) is 0 Å². The van der Waals surface area contributed by atoms with Crippen LogP contribution in [0.1, 0.15) is 18.2 Å². The van der Waals surface area contributed by atoms with E-state index in [2.05, 4.69) is 55.6 Å². The number of benzene rings is 1. The number of nitrogens with zero attached hydrogens (tertiary/aromatic N) is 2. The Morgan fingerprint density at radius 3 is 2.82 bits per heavy atom. The maximum Gasteiger partial charge on any atom is 0.191 e. The van der Waals surface area contributed by atoms with E-state index in [-0.39, 0.29) is 0 Å². The summed E-state index contributed by atoms with van der Waals surface area (Å²) in [7, 11) is 0. The SMILES string of the molecule is CCNC(=NCc1cccc(Br)c1)NCCc1ccccn1. The van der Waals surface area contributed by atoms with E-state index in [0.29, 0.717) is 6.54 Å². The van der Waals surface area contributed by atoms with E-state index >= 15 is 0 Å². The molecule has 2 rings (SSSR count). The van der Waals surface area contributed by atoms with Crippen LogP contribution in [-0.4, -0.2) is 24.0 Å². The normalized spacial score (nSPS) is 11.3. The van der Waals surface area contributed by atoms with Crippen LogP contribution in [0.5, 0.6) is 0 Å². The number of aromatic nitrogens is 1. The van der Waals surface area contributed by atoms with Crippen LogP contribution in [0.25, 0.3) is 0 Å². The van der Waals surface area contributed by atoms with Crippen LogP contribution >= 0.6 is 15.9 Å². The Labute approximate surface area is 140 Å². The first-order chi connectivity index (χ1) is 10.8. The molecule has 2 aromatic rings. The van der Waals surface area contributed by atoms with Crippen molar-refractivity contribution in [3.63, 3.8) is 0 Å². The lowest BCUT2D eigenvalue weighted by Crippen LogP contribution is -2.38. The second-order valence-electron chi connectivity index (χ2n) is 4.82. The Morgan fingerprint density at radius 2 is 2.09 bits per heavy atom. The molecule has 1 aromatic heterocycles. The number of pyridine rings is 1. The van der Waals surface area contributed by atoms with Crippen LogP contribution in [0.2, 0.25) is 0 Å². The molecule has 116 valence electrons. The summed E-state index contributed by atoms with van der Waals surface area (Å²) in [4.78, 5) is 8.93. The van der Waals surface area contributed by atoms with Gasteiger partial charge >= 0.3 is 0 Å². The number of aliphatic imine (C=N–C) groups is 1. The molecule has 5 heteroatoms. The van der Waals surface area contributed by atoms with E-state index in [0.717, 1.165) is 35.6 Å². The molecule has 0 atom stereocenters. The first-order valence-electron chi connectivity index (χ1n) is 7.44. The maximum atomic E-state index is 4.61. The second-order valence-corrected chi connectivity index (χ2v) is 5.74. The molecule has 0 radical (unpaired) electrons. The average Bonchev–Trinajstić information content (AvgIpc) is 2.54. The van der Waals surface area contributed by atoms with Gasteiger partial charge in [0.25, 0.3) is 0 Å². The summed E-state index contributed by atoms with van der Waals surface area (Å²) in [6.07, 6.45) is 2.70. The van der Waals surface area contributed by atoms with E-state index in [1.165, 1.54) is 5.56 Å². The molecule has 2 N–H and O–H groups in total. The van der Waals surface area contributed by atoms with Crippen LogP contribution in [-0.2, 0) is 13.0 Å². The molecule has 0 fully saturated rings. The monoisotopic (exact) mass is 360 g/mol. The van der Waals surface area contributed by atoms with Crippen molar-refractivity contribution in [2.24, 2.45) is 4.99 Å². The second kappa shape index (κ2) is 9.20. The Kier molecular flexibility index (Phi) is 6.90. The lowest BCUT2D eigenvalue weighted by molar-refractivity contribution is 0.788. The first-order valence-corrected chi connectivity index (χ1v) is 8.23. The summed E-state index contributed by atoms with van der Waals surface area (Å²) in [5, 5.41) is 6.60. The molecule has 1 heterocycles. The van der Waals surface area contributed by atoms with Gasteiger partial charge in [-0.25, -0.2) is 4.99 Å². The smallest absolute Gasteiger partial charge is 0.191 e. The highest BCUT2D eigenvalue weighted by molar-refractivity contribution is 9.10. The molecule has 0 aliphatic rings. The summed E-state index contributed by atoms with van der Waals surface area (Å²) in [5.74, 6) is 0.832. The molecular formula is C17H21BrN4. The van der Waals surface area contributed by atoms with E-state index < -0.39 is 0 Å². The molecule has 0 unspecified atom stereocenters. The van der Waals surface area contributed by atoms with Gasteiger partial charge in [-0.2, -0.15) is 0 Å². The molecule has 0 bridgehead atoms. The fraction of sp³-hybridized carbons (Fsp3) is 0.294. The zero-order chi connectivity index (χ0) is 15.6. The van der Waals surface area contributed by atoms with Gasteiger partial charge in [0, 0.05) is 35.9 Å². The van der Waals surface area contributed by atoms with Crippen LogP contribution in [0, 0.1) is 0 Å². The number of halogens is 1. The van der Waals surface area contributed by atoms with Crippen molar-refractivity contribution in [1.29, 1.82) is 0 Å². The Bertz CT molecular complexity index is 599. The lowest BCUT2D eigenvalue weighted by atomic mass is 10.2. The first kappa shape index (κ1) is 16.5. The summed E-state index contributed by atoms with van der Waals surface area (Å²) >= 11 is 3.48. The highest BCUT2D eigenvalue weighted by atomic mass is 79.9. The third kappa shape index (κ3) is 5.85. The van der Waals surface area contributed by atoms with Crippen molar-refractivity contribution in [1.82, 2.24) is 15.6 Å². The van der Waals surface area contributed by atoms with Crippen molar-refractivity contribution >= 4 is 21.9 Å². The van der Waals surface area contributed by atoms with Crippen LogP contribution in [0.4, 0.5) is 0 Å². The molecular weight excluding hydrogens is 340 g/mol. The summed E-state index contributed by atoms with van der Waals surface area (Å²) in [6, 6.07) is 14.2. The van der Waals surface area contributed by atoms with Crippen molar-refractivity contribution < 1.29 is 0 Å². The van der Waals surface area contributed by atoms with Gasteiger partial charge < -0.3 is 10.6 Å². The topological polar surface area (TPSA) is 49.3 Å². The quantitative estimate of drug-likeness (QED) is 0.614. The standard InChI is InChI=1S/C17H21BrN4/c1-2-19-17(21-11-9-16-8-3-4-10-20-16)22-13-14-6-5-7-15(18)12-14/h3-8,10,12H,2,9,11,13H2,1H3,(H2,19,21,22). The Morgan fingerprint density at radius 1 is 1.18 bits per heavy atom. The number of nitrogens with one attached hydrogen (secondary N) is 2. The largest absolute Gasteiger partial charge is 0.357 e. The van der Waals surface area contributed by atoms with E-state index in [1.807, 2.05) is 36.5 Å². The summed E-state index contributed by atoms with van der Waals surface area (Å²) in [5.41, 5.74) is 2.26. The zero-order valence-corrected chi connectivity index (χ0v) is 14.3. The molecule has 22 heavy (non-hydrogen) atoms. The van der Waals surface area contributed by atoms with Gasteiger partial charge in [0.05, 0.1) is 6.54 Å². The predicted octanol–water partition coefficient (Wildman–Crippen LogP) is 3.14. The van der Waals surface area contributed by atoms with Gasteiger partial charge in [0.15, 0.2) is 5.96 Å². The van der Waals surface area contributed by atoms with Crippen molar-refractivity contribution in [2.75, 3.05) is 13.1 Å². The van der Waals surface area contributed by atoms with E-state index in [4.69, 9.17) is 0 Å². The highest BCUT2D eigenvalue weighted by Crippen LogP contribution is 2.12. The number of guanidine groups is 1. The van der Waals surface area contributed by atoms with E-state index in [9.17, 15) is 0 Å². The Balaban J connectivity index is 1.87. The van der Waals surface area contributed by atoms with Crippen LogP contribution in [0.15, 0.2) is 58.1 Å². The summed E-state index contributed by atoms with van der Waals surface area (Å²) in [6.45, 7) is 4.36. The number of rotatable bonds is 6. The van der Waals surface area contributed by atoms with Gasteiger partial charge in [-0.05, 0) is 36.8 Å². The molecule has 4 nitrogen and oxygen atoms in total. The third-order valence-corrected chi connectivity index (χ3v) is 3.55. The molecule has 0 aliphatic carbocycles. The fourth-order valence-electron chi connectivity index (χ4n) is 2.00. The number of hydrogen-bond acceptors (Lipinski definition) is 2. The van der Waals surface area contributed by atoms with Crippen molar-refractivity contribution in [2.45, 2.75) is 19.9 Å². The number of hydrogen-bond donors (Lipinski definition) is 2.